The number of nitrogens with one attached hydrogen (secondary N) is 1. The van der Waals surface area contributed by atoms with E-state index in [9.17, 15) is 4.79 Å². The van der Waals surface area contributed by atoms with Crippen LogP contribution < -0.4 is 11.1 Å². The number of nitrogens with two attached hydrogens (primary N) is 1. The quantitative estimate of drug-likeness (QED) is 0.870. The average molecular weight is 343 g/mol. The van der Waals surface area contributed by atoms with E-state index in [1.165, 1.54) is 0 Å². The van der Waals surface area contributed by atoms with Crippen molar-refractivity contribution in [3.63, 3.8) is 0 Å². The number of hydrogen-bond donors (Lipinski definition) is 2. The highest BCUT2D eigenvalue weighted by Crippen LogP contribution is 2.22. The molecule has 0 radical (unpaired) electrons. The second kappa shape index (κ2) is 6.74. The van der Waals surface area contributed by atoms with Crippen molar-refractivity contribution in [1.82, 2.24) is 14.9 Å². The van der Waals surface area contributed by atoms with Crippen molar-refractivity contribution in [2.24, 2.45) is 0 Å². The Morgan fingerprint density at radius 3 is 2.64 bits per heavy atom. The molecule has 0 aliphatic carbocycles. The van der Waals surface area contributed by atoms with E-state index >= 15 is 0 Å². The summed E-state index contributed by atoms with van der Waals surface area (Å²) in [5, 5.41) is 3.34. The molecule has 1 fully saturated rings. The van der Waals surface area contributed by atoms with Crippen LogP contribution in [0, 0.1) is 0 Å². The molecule has 0 spiro atoms. The van der Waals surface area contributed by atoms with Crippen molar-refractivity contribution in [2.75, 3.05) is 24.1 Å². The predicted molar refractivity (Wildman–Crippen MR) is 98.4 cm³/mol. The molecule has 3 rings (SSSR count). The summed E-state index contributed by atoms with van der Waals surface area (Å²) in [6.07, 6.45) is 1.56. The highest BCUT2D eigenvalue weighted by molar-refractivity contribution is 5.79. The third kappa shape index (κ3) is 4.29. The number of likely N-dealkylation sites (tertiary alicyclic amines) is 1. The number of hydrogen-bond acceptors (Lipinski definition) is 6. The lowest BCUT2D eigenvalue weighted by atomic mass is 10.1. The van der Waals surface area contributed by atoms with Gasteiger partial charge in [-0.25, -0.2) is 14.8 Å². The number of aromatic nitrogens is 2. The number of nitrogens with zero attached hydrogens (tertiary/aromatic N) is 3. The van der Waals surface area contributed by atoms with Crippen molar-refractivity contribution >= 4 is 28.8 Å². The first kappa shape index (κ1) is 17.3. The second-order valence-electron chi connectivity index (χ2n) is 7.36. The van der Waals surface area contributed by atoms with E-state index in [-0.39, 0.29) is 12.1 Å². The predicted octanol–water partition coefficient (Wildman–Crippen LogP) is 3.02. The molecule has 0 unspecified atom stereocenters. The summed E-state index contributed by atoms with van der Waals surface area (Å²) < 4.78 is 5.46. The molecule has 1 saturated heterocycles. The Balaban J connectivity index is 1.70. The van der Waals surface area contributed by atoms with Crippen LogP contribution in [0.5, 0.6) is 0 Å². The molecule has 1 aromatic heterocycles. The lowest BCUT2D eigenvalue weighted by molar-refractivity contribution is 0.0206. The first-order valence-electron chi connectivity index (χ1n) is 8.58. The molecule has 1 amide bonds. The van der Waals surface area contributed by atoms with Gasteiger partial charge < -0.3 is 20.7 Å². The molecular weight excluding hydrogens is 318 g/mol. The minimum atomic E-state index is -0.494. The molecule has 134 valence electrons. The summed E-state index contributed by atoms with van der Waals surface area (Å²) in [6, 6.07) is 7.68. The summed E-state index contributed by atoms with van der Waals surface area (Å²) >= 11 is 0. The molecule has 7 heteroatoms. The second-order valence-corrected chi connectivity index (χ2v) is 7.36. The summed E-state index contributed by atoms with van der Waals surface area (Å²) in [4.78, 5) is 23.0. The van der Waals surface area contributed by atoms with Gasteiger partial charge in [-0.2, -0.15) is 0 Å². The standard InChI is InChI=1S/C18H25N5O2/c1-18(2,3)25-17(24)23-10-6-7-12(11-23)20-16-15(19)21-13-8-4-5-9-14(13)22-16/h4-5,8-9,12H,6-7,10-11H2,1-3H3,(H2,19,21)(H,20,22)/t12-/m1/s1. The van der Waals surface area contributed by atoms with E-state index in [1.54, 1.807) is 4.90 Å². The van der Waals surface area contributed by atoms with Gasteiger partial charge in [0.25, 0.3) is 0 Å². The number of amides is 1. The SMILES string of the molecule is CC(C)(C)OC(=O)N1CCC[C@@H](Nc2nc3ccccc3nc2N)C1. The van der Waals surface area contributed by atoms with E-state index in [4.69, 9.17) is 10.5 Å². The number of ether oxygens (including phenoxy) is 1. The Hall–Kier alpha value is -2.57. The third-order valence-electron chi connectivity index (χ3n) is 4.01. The van der Waals surface area contributed by atoms with Crippen LogP contribution in [0.4, 0.5) is 16.4 Å². The van der Waals surface area contributed by atoms with Gasteiger partial charge in [-0.3, -0.25) is 0 Å². The van der Waals surface area contributed by atoms with Crippen LogP contribution >= 0.6 is 0 Å². The normalized spacial score (nSPS) is 18.2. The first-order chi connectivity index (χ1) is 11.8. The van der Waals surface area contributed by atoms with Crippen molar-refractivity contribution < 1.29 is 9.53 Å². The van der Waals surface area contributed by atoms with Crippen molar-refractivity contribution in [3.05, 3.63) is 24.3 Å². The number of carbonyl (C=O) groups is 1. The first-order valence-corrected chi connectivity index (χ1v) is 8.58. The van der Waals surface area contributed by atoms with Crippen LogP contribution in [-0.4, -0.2) is 45.7 Å². The molecular formula is C18H25N5O2. The van der Waals surface area contributed by atoms with E-state index in [2.05, 4.69) is 15.3 Å². The number of carbonyl (C=O) groups excluding carboxylic acids is 1. The van der Waals surface area contributed by atoms with Crippen LogP contribution in [0.3, 0.4) is 0 Å². The van der Waals surface area contributed by atoms with Crippen molar-refractivity contribution in [1.29, 1.82) is 0 Å². The van der Waals surface area contributed by atoms with Gasteiger partial charge in [0.05, 0.1) is 11.0 Å². The van der Waals surface area contributed by atoms with Crippen molar-refractivity contribution in [2.45, 2.75) is 45.3 Å². The smallest absolute Gasteiger partial charge is 0.410 e. The Morgan fingerprint density at radius 1 is 1.28 bits per heavy atom. The monoisotopic (exact) mass is 343 g/mol. The Labute approximate surface area is 147 Å². The van der Waals surface area contributed by atoms with Gasteiger partial charge in [-0.15, -0.1) is 0 Å². The molecule has 7 nitrogen and oxygen atoms in total. The van der Waals surface area contributed by atoms with Crippen LogP contribution in [0.2, 0.25) is 0 Å². The van der Waals surface area contributed by atoms with Gasteiger partial charge in [-0.05, 0) is 45.7 Å². The maximum absolute atomic E-state index is 12.3. The van der Waals surface area contributed by atoms with Gasteiger partial charge in [-0.1, -0.05) is 12.1 Å². The minimum Gasteiger partial charge on any atom is -0.444 e. The highest BCUT2D eigenvalue weighted by Gasteiger charge is 2.28. The number of rotatable bonds is 2. The topological polar surface area (TPSA) is 93.4 Å². The van der Waals surface area contributed by atoms with Gasteiger partial charge in [0.15, 0.2) is 11.6 Å². The van der Waals surface area contributed by atoms with Gasteiger partial charge in [0.2, 0.25) is 0 Å². The lowest BCUT2D eigenvalue weighted by Crippen LogP contribution is -2.47. The average Bonchev–Trinajstić information content (AvgIpc) is 2.54. The van der Waals surface area contributed by atoms with E-state index < -0.39 is 5.60 Å². The van der Waals surface area contributed by atoms with Crippen LogP contribution in [0.25, 0.3) is 11.0 Å². The van der Waals surface area contributed by atoms with Crippen molar-refractivity contribution in [3.8, 4) is 0 Å². The number of anilines is 2. The maximum Gasteiger partial charge on any atom is 0.410 e. The number of benzene rings is 1. The Kier molecular flexibility index (Phi) is 4.65. The van der Waals surface area contributed by atoms with Gasteiger partial charge >= 0.3 is 6.09 Å². The number of fused-ring (bicyclic) bond motifs is 1. The zero-order chi connectivity index (χ0) is 18.0. The Bertz CT molecular complexity index is 772. The number of nitrogen functional groups attached to an aromatic ring is 1. The molecule has 1 aliphatic rings. The maximum atomic E-state index is 12.3. The van der Waals surface area contributed by atoms with Crippen LogP contribution in [0.15, 0.2) is 24.3 Å². The highest BCUT2D eigenvalue weighted by atomic mass is 16.6. The zero-order valence-electron chi connectivity index (χ0n) is 15.0. The van der Waals surface area contributed by atoms with E-state index in [1.807, 2.05) is 45.0 Å². The molecule has 0 saturated carbocycles. The van der Waals surface area contributed by atoms with Crippen LogP contribution in [-0.2, 0) is 4.74 Å². The molecule has 2 aromatic rings. The molecule has 1 atom stereocenters. The number of para-hydroxylation sites is 2. The summed E-state index contributed by atoms with van der Waals surface area (Å²) in [5.74, 6) is 0.933. The molecule has 25 heavy (non-hydrogen) atoms. The largest absolute Gasteiger partial charge is 0.444 e. The minimum absolute atomic E-state index is 0.0685. The summed E-state index contributed by atoms with van der Waals surface area (Å²) in [6.45, 7) is 6.87. The summed E-state index contributed by atoms with van der Waals surface area (Å²) in [7, 11) is 0. The van der Waals surface area contributed by atoms with Gasteiger partial charge in [0.1, 0.15) is 5.60 Å². The van der Waals surface area contributed by atoms with Gasteiger partial charge in [0, 0.05) is 19.1 Å². The zero-order valence-corrected chi connectivity index (χ0v) is 15.0. The van der Waals surface area contributed by atoms with E-state index in [0.717, 1.165) is 23.9 Å². The third-order valence-corrected chi connectivity index (χ3v) is 4.01. The fraction of sp³-hybridized carbons (Fsp3) is 0.500. The fourth-order valence-corrected chi connectivity index (χ4v) is 2.90. The molecule has 1 aliphatic heterocycles. The molecule has 0 bridgehead atoms. The van der Waals surface area contributed by atoms with Crippen LogP contribution in [0.1, 0.15) is 33.6 Å². The van der Waals surface area contributed by atoms with E-state index in [0.29, 0.717) is 24.7 Å². The molecule has 3 N–H and O–H groups in total. The fourth-order valence-electron chi connectivity index (χ4n) is 2.90. The Morgan fingerprint density at radius 2 is 1.96 bits per heavy atom. The molecule has 2 heterocycles. The summed E-state index contributed by atoms with van der Waals surface area (Å²) in [5.41, 5.74) is 7.10. The molecule has 1 aromatic carbocycles. The number of piperidine rings is 1. The lowest BCUT2D eigenvalue weighted by Gasteiger charge is -2.34.